The number of carboxylic acid groups (broad SMARTS) is 1. The number of nitriles is 1. The van der Waals surface area contributed by atoms with E-state index in [0.717, 1.165) is 24.0 Å². The van der Waals surface area contributed by atoms with Gasteiger partial charge in [-0.2, -0.15) is 5.26 Å². The standard InChI is InChI=1S/C24H20N2O3/c25-13-14-1-3-15(4-2-14)16-5-7-17(8-6-16)26-22(27)20-18-9-10-19(21(20)23(28)29)24(18)11-12-24/h1-10,18-21H,11-12H2,(H,26,27)(H,28,29). The average molecular weight is 384 g/mol. The minimum Gasteiger partial charge on any atom is -0.481 e. The van der Waals surface area contributed by atoms with Crippen LogP contribution in [0.5, 0.6) is 0 Å². The van der Waals surface area contributed by atoms with Gasteiger partial charge in [-0.3, -0.25) is 9.59 Å². The van der Waals surface area contributed by atoms with Crippen LogP contribution >= 0.6 is 0 Å². The van der Waals surface area contributed by atoms with Gasteiger partial charge >= 0.3 is 5.97 Å². The fourth-order valence-electron chi connectivity index (χ4n) is 5.40. The molecule has 2 bridgehead atoms. The van der Waals surface area contributed by atoms with Crippen molar-refractivity contribution in [1.82, 2.24) is 0 Å². The molecule has 2 saturated carbocycles. The Morgan fingerprint density at radius 2 is 1.48 bits per heavy atom. The van der Waals surface area contributed by atoms with Gasteiger partial charge in [0.1, 0.15) is 0 Å². The van der Waals surface area contributed by atoms with Crippen LogP contribution < -0.4 is 5.32 Å². The lowest BCUT2D eigenvalue weighted by molar-refractivity contribution is -0.146. The normalized spacial score (nSPS) is 27.6. The van der Waals surface area contributed by atoms with E-state index in [1.165, 1.54) is 0 Å². The van der Waals surface area contributed by atoms with E-state index in [1.807, 2.05) is 42.5 Å². The second kappa shape index (κ2) is 6.31. The lowest BCUT2D eigenvalue weighted by atomic mass is 9.82. The predicted molar refractivity (Wildman–Crippen MR) is 108 cm³/mol. The number of carbonyl (C=O) groups excluding carboxylic acids is 1. The van der Waals surface area contributed by atoms with Crippen LogP contribution in [0, 0.1) is 40.4 Å². The van der Waals surface area contributed by atoms with Gasteiger partial charge < -0.3 is 10.4 Å². The highest BCUT2D eigenvalue weighted by atomic mass is 16.4. The summed E-state index contributed by atoms with van der Waals surface area (Å²) in [5.74, 6) is -2.20. The summed E-state index contributed by atoms with van der Waals surface area (Å²) in [7, 11) is 0. The number of rotatable bonds is 4. The Morgan fingerprint density at radius 3 is 2.00 bits per heavy atom. The predicted octanol–water partition coefficient (Wildman–Crippen LogP) is 4.08. The highest BCUT2D eigenvalue weighted by Gasteiger charge is 2.70. The van der Waals surface area contributed by atoms with Crippen LogP contribution in [0.1, 0.15) is 18.4 Å². The SMILES string of the molecule is N#Cc1ccc(-c2ccc(NC(=O)C3C(C(=O)O)C4C=CC3C43CC3)cc2)cc1. The first-order valence-electron chi connectivity index (χ1n) is 9.86. The number of carbonyl (C=O) groups is 2. The first-order valence-corrected chi connectivity index (χ1v) is 9.86. The molecule has 2 aromatic rings. The van der Waals surface area contributed by atoms with E-state index in [2.05, 4.69) is 17.5 Å². The highest BCUT2D eigenvalue weighted by Crippen LogP contribution is 2.72. The third-order valence-corrected chi connectivity index (χ3v) is 6.93. The van der Waals surface area contributed by atoms with E-state index in [-0.39, 0.29) is 23.2 Å². The number of aliphatic carboxylic acids is 1. The zero-order valence-corrected chi connectivity index (χ0v) is 15.7. The molecule has 0 heterocycles. The zero-order valence-electron chi connectivity index (χ0n) is 15.7. The Bertz CT molecular complexity index is 1060. The number of nitrogens with zero attached hydrogens (tertiary/aromatic N) is 1. The van der Waals surface area contributed by atoms with Gasteiger partial charge in [0.2, 0.25) is 5.91 Å². The maximum Gasteiger partial charge on any atom is 0.307 e. The Kier molecular flexibility index (Phi) is 3.85. The molecule has 0 aromatic heterocycles. The van der Waals surface area contributed by atoms with Gasteiger partial charge in [0.25, 0.3) is 0 Å². The van der Waals surface area contributed by atoms with Crippen molar-refractivity contribution >= 4 is 17.6 Å². The maximum absolute atomic E-state index is 13.0. The summed E-state index contributed by atoms with van der Waals surface area (Å²) in [5, 5.41) is 21.6. The van der Waals surface area contributed by atoms with Crippen LogP contribution in [0.3, 0.4) is 0 Å². The number of anilines is 1. The number of carboxylic acids is 1. The van der Waals surface area contributed by atoms with E-state index >= 15 is 0 Å². The van der Waals surface area contributed by atoms with Crippen molar-refractivity contribution in [2.75, 3.05) is 5.32 Å². The highest BCUT2D eigenvalue weighted by molar-refractivity contribution is 5.97. The van der Waals surface area contributed by atoms with Crippen molar-refractivity contribution in [2.45, 2.75) is 12.8 Å². The first kappa shape index (κ1) is 17.7. The van der Waals surface area contributed by atoms with Crippen molar-refractivity contribution < 1.29 is 14.7 Å². The van der Waals surface area contributed by atoms with Gasteiger partial charge in [-0.15, -0.1) is 0 Å². The topological polar surface area (TPSA) is 90.2 Å². The molecule has 4 unspecified atom stereocenters. The number of hydrogen-bond donors (Lipinski definition) is 2. The first-order chi connectivity index (χ1) is 14.0. The van der Waals surface area contributed by atoms with Gasteiger partial charge in [0.05, 0.1) is 23.5 Å². The molecular formula is C24H20N2O3. The minimum absolute atomic E-state index is 0.0143. The molecule has 5 rings (SSSR count). The smallest absolute Gasteiger partial charge is 0.307 e. The van der Waals surface area contributed by atoms with Crippen molar-refractivity contribution in [3.63, 3.8) is 0 Å². The average Bonchev–Trinajstić information content (AvgIpc) is 3.40. The van der Waals surface area contributed by atoms with Crippen LogP contribution in [-0.4, -0.2) is 17.0 Å². The quantitative estimate of drug-likeness (QED) is 0.777. The second-order valence-corrected chi connectivity index (χ2v) is 8.32. The summed E-state index contributed by atoms with van der Waals surface area (Å²) < 4.78 is 0. The number of nitrogens with one attached hydrogen (secondary N) is 1. The third kappa shape index (κ3) is 2.67. The van der Waals surface area contributed by atoms with E-state index in [1.54, 1.807) is 12.1 Å². The molecule has 29 heavy (non-hydrogen) atoms. The molecular weight excluding hydrogens is 364 g/mol. The summed E-state index contributed by atoms with van der Waals surface area (Å²) in [6, 6.07) is 16.9. The van der Waals surface area contributed by atoms with Crippen LogP contribution in [0.15, 0.2) is 60.7 Å². The fraction of sp³-hybridized carbons (Fsp3) is 0.292. The molecule has 5 heteroatoms. The van der Waals surface area contributed by atoms with Gasteiger partial charge in [-0.05, 0) is 65.5 Å². The Labute approximate surface area is 168 Å². The number of allylic oxidation sites excluding steroid dienone is 2. The third-order valence-electron chi connectivity index (χ3n) is 6.93. The monoisotopic (exact) mass is 384 g/mol. The molecule has 2 aromatic carbocycles. The molecule has 3 aliphatic rings. The number of amides is 1. The van der Waals surface area contributed by atoms with Crippen LogP contribution in [-0.2, 0) is 9.59 Å². The maximum atomic E-state index is 13.0. The van der Waals surface area contributed by atoms with Crippen molar-refractivity contribution in [2.24, 2.45) is 29.1 Å². The van der Waals surface area contributed by atoms with Crippen LogP contribution in [0.4, 0.5) is 5.69 Å². The molecule has 3 aliphatic carbocycles. The fourth-order valence-corrected chi connectivity index (χ4v) is 5.40. The van der Waals surface area contributed by atoms with E-state index in [0.29, 0.717) is 11.3 Å². The second-order valence-electron chi connectivity index (χ2n) is 8.32. The lowest BCUT2D eigenvalue weighted by Crippen LogP contribution is -2.36. The lowest BCUT2D eigenvalue weighted by Gasteiger charge is -2.23. The van der Waals surface area contributed by atoms with E-state index in [4.69, 9.17) is 5.26 Å². The minimum atomic E-state index is -0.871. The van der Waals surface area contributed by atoms with Crippen molar-refractivity contribution in [3.8, 4) is 17.2 Å². The molecule has 1 amide bonds. The Morgan fingerprint density at radius 1 is 0.931 bits per heavy atom. The van der Waals surface area contributed by atoms with Gasteiger partial charge in [0, 0.05) is 5.69 Å². The summed E-state index contributed by atoms with van der Waals surface area (Å²) in [6.07, 6.45) is 6.12. The van der Waals surface area contributed by atoms with Gasteiger partial charge in [0.15, 0.2) is 0 Å². The van der Waals surface area contributed by atoms with E-state index in [9.17, 15) is 14.7 Å². The summed E-state index contributed by atoms with van der Waals surface area (Å²) in [6.45, 7) is 0. The Hall–Kier alpha value is -3.39. The summed E-state index contributed by atoms with van der Waals surface area (Å²) >= 11 is 0. The molecule has 2 N–H and O–H groups in total. The van der Waals surface area contributed by atoms with Crippen LogP contribution in [0.2, 0.25) is 0 Å². The molecule has 0 saturated heterocycles. The van der Waals surface area contributed by atoms with Crippen molar-refractivity contribution in [3.05, 3.63) is 66.2 Å². The summed E-state index contributed by atoms with van der Waals surface area (Å²) in [4.78, 5) is 24.9. The van der Waals surface area contributed by atoms with E-state index < -0.39 is 17.8 Å². The molecule has 2 fully saturated rings. The largest absolute Gasteiger partial charge is 0.481 e. The molecule has 144 valence electrons. The number of hydrogen-bond acceptors (Lipinski definition) is 3. The molecule has 5 nitrogen and oxygen atoms in total. The molecule has 0 aliphatic heterocycles. The van der Waals surface area contributed by atoms with Crippen molar-refractivity contribution in [1.29, 1.82) is 5.26 Å². The Balaban J connectivity index is 1.34. The van der Waals surface area contributed by atoms with Gasteiger partial charge in [-0.1, -0.05) is 36.4 Å². The van der Waals surface area contributed by atoms with Crippen LogP contribution in [0.25, 0.3) is 11.1 Å². The molecule has 1 spiro atoms. The zero-order chi connectivity index (χ0) is 20.2. The number of benzene rings is 2. The summed E-state index contributed by atoms with van der Waals surface area (Å²) in [5.41, 5.74) is 3.26. The van der Waals surface area contributed by atoms with Gasteiger partial charge in [-0.25, -0.2) is 0 Å². The molecule has 4 atom stereocenters. The molecule has 0 radical (unpaired) electrons.